The molecule has 0 amide bonds. The van der Waals surface area contributed by atoms with Crippen LogP contribution in [0.5, 0.6) is 0 Å². The highest BCUT2D eigenvalue weighted by molar-refractivity contribution is 8.00. The summed E-state index contributed by atoms with van der Waals surface area (Å²) in [5, 5.41) is -0.0324. The molecule has 0 atom stereocenters. The van der Waals surface area contributed by atoms with Crippen LogP contribution >= 0.6 is 12.8 Å². The van der Waals surface area contributed by atoms with Crippen LogP contribution in [0.1, 0.15) is 0 Å². The van der Waals surface area contributed by atoms with E-state index in [4.69, 9.17) is 0 Å². The smallest absolute Gasteiger partial charge is 0.243 e. The number of nitrogens with one attached hydrogen (secondary N) is 1. The minimum Gasteiger partial charge on any atom is -0.243 e. The first-order chi connectivity index (χ1) is 5.17. The van der Waals surface area contributed by atoms with E-state index in [-0.39, 0.29) is 5.03 Å². The van der Waals surface area contributed by atoms with E-state index >= 15 is 0 Å². The molecule has 1 rings (SSSR count). The summed E-state index contributed by atoms with van der Waals surface area (Å²) in [5.41, 5.74) is 0. The number of pyridine rings is 1. The SMILES string of the molecule is O=S(=O)(NS)c1ccccn1. The largest absolute Gasteiger partial charge is 0.266 e. The van der Waals surface area contributed by atoms with Crippen molar-refractivity contribution in [3.63, 3.8) is 0 Å². The first-order valence-electron chi connectivity index (χ1n) is 2.74. The molecule has 0 fully saturated rings. The van der Waals surface area contributed by atoms with Gasteiger partial charge in [0.2, 0.25) is 0 Å². The fraction of sp³-hybridized carbons (Fsp3) is 0. The zero-order chi connectivity index (χ0) is 8.32. The first-order valence-corrected chi connectivity index (χ1v) is 4.67. The number of aromatic nitrogens is 1. The molecule has 0 saturated carbocycles. The van der Waals surface area contributed by atoms with E-state index in [0.29, 0.717) is 0 Å². The van der Waals surface area contributed by atoms with Crippen molar-refractivity contribution in [2.24, 2.45) is 0 Å². The summed E-state index contributed by atoms with van der Waals surface area (Å²) in [6.07, 6.45) is 1.40. The number of thiol groups is 1. The molecule has 0 spiro atoms. The summed E-state index contributed by atoms with van der Waals surface area (Å²) in [5.74, 6) is 0. The van der Waals surface area contributed by atoms with Gasteiger partial charge < -0.3 is 0 Å². The van der Waals surface area contributed by atoms with Gasteiger partial charge in [-0.3, -0.25) is 0 Å². The van der Waals surface area contributed by atoms with Gasteiger partial charge in [-0.05, 0) is 12.1 Å². The van der Waals surface area contributed by atoms with Crippen LogP contribution < -0.4 is 4.13 Å². The highest BCUT2D eigenvalue weighted by atomic mass is 32.3. The predicted molar refractivity (Wildman–Crippen MR) is 43.5 cm³/mol. The van der Waals surface area contributed by atoms with Gasteiger partial charge in [0.25, 0.3) is 10.0 Å². The summed E-state index contributed by atoms with van der Waals surface area (Å²) in [6.45, 7) is 0. The minimum atomic E-state index is -3.50. The molecule has 6 heteroatoms. The van der Waals surface area contributed by atoms with E-state index in [1.807, 2.05) is 4.13 Å². The lowest BCUT2D eigenvalue weighted by Crippen LogP contribution is -2.14. The molecule has 4 nitrogen and oxygen atoms in total. The maximum atomic E-state index is 11.0. The van der Waals surface area contributed by atoms with Crippen molar-refractivity contribution in [1.82, 2.24) is 9.11 Å². The Morgan fingerprint density at radius 1 is 1.45 bits per heavy atom. The molecule has 0 unspecified atom stereocenters. The van der Waals surface area contributed by atoms with Crippen molar-refractivity contribution in [3.05, 3.63) is 24.4 Å². The van der Waals surface area contributed by atoms with E-state index in [0.717, 1.165) is 0 Å². The van der Waals surface area contributed by atoms with Gasteiger partial charge in [-0.1, -0.05) is 18.9 Å². The molecular weight excluding hydrogens is 184 g/mol. The molecule has 0 aromatic carbocycles. The van der Waals surface area contributed by atoms with Crippen LogP contribution in [-0.4, -0.2) is 13.4 Å². The van der Waals surface area contributed by atoms with Crippen LogP contribution in [-0.2, 0) is 10.0 Å². The maximum Gasteiger partial charge on any atom is 0.266 e. The van der Waals surface area contributed by atoms with Gasteiger partial charge >= 0.3 is 0 Å². The highest BCUT2D eigenvalue weighted by Gasteiger charge is 2.11. The Hall–Kier alpha value is -0.590. The van der Waals surface area contributed by atoms with Crippen molar-refractivity contribution in [2.45, 2.75) is 5.03 Å². The predicted octanol–water partition coefficient (Wildman–Crippen LogP) is 0.205. The fourth-order valence-electron chi connectivity index (χ4n) is 0.553. The van der Waals surface area contributed by atoms with Crippen LogP contribution in [0.4, 0.5) is 0 Å². The van der Waals surface area contributed by atoms with Crippen molar-refractivity contribution in [3.8, 4) is 0 Å². The van der Waals surface area contributed by atoms with Gasteiger partial charge in [-0.25, -0.2) is 13.4 Å². The zero-order valence-electron chi connectivity index (χ0n) is 5.43. The Balaban J connectivity index is 3.14. The average molecular weight is 190 g/mol. The first kappa shape index (κ1) is 8.51. The number of sulfonamides is 1. The number of hydrogen-bond acceptors (Lipinski definition) is 4. The molecule has 0 aliphatic carbocycles. The van der Waals surface area contributed by atoms with Crippen LogP contribution in [0.25, 0.3) is 0 Å². The van der Waals surface area contributed by atoms with Crippen molar-refractivity contribution >= 4 is 22.8 Å². The normalized spacial score (nSPS) is 11.4. The van der Waals surface area contributed by atoms with Crippen LogP contribution in [0.15, 0.2) is 29.4 Å². The van der Waals surface area contributed by atoms with E-state index in [9.17, 15) is 8.42 Å². The van der Waals surface area contributed by atoms with Gasteiger partial charge in [-0.2, -0.15) is 4.13 Å². The highest BCUT2D eigenvalue weighted by Crippen LogP contribution is 2.02. The van der Waals surface area contributed by atoms with Crippen LogP contribution in [0, 0.1) is 0 Å². The lowest BCUT2D eigenvalue weighted by atomic mass is 10.5. The Morgan fingerprint density at radius 2 is 2.18 bits per heavy atom. The second-order valence-electron chi connectivity index (χ2n) is 1.76. The average Bonchev–Trinajstić information content (AvgIpc) is 2.06. The molecule has 60 valence electrons. The van der Waals surface area contributed by atoms with Crippen molar-refractivity contribution in [2.75, 3.05) is 0 Å². The third-order valence-corrected chi connectivity index (χ3v) is 2.79. The molecule has 11 heavy (non-hydrogen) atoms. The molecular formula is C5H6N2O2S2. The number of rotatable bonds is 2. The van der Waals surface area contributed by atoms with Crippen LogP contribution in [0.2, 0.25) is 0 Å². The molecule has 0 saturated heterocycles. The minimum absolute atomic E-state index is 0.0324. The second kappa shape index (κ2) is 3.21. The molecule has 0 bridgehead atoms. The van der Waals surface area contributed by atoms with E-state index in [2.05, 4.69) is 17.8 Å². The van der Waals surface area contributed by atoms with E-state index in [1.54, 1.807) is 12.1 Å². The molecule has 1 aromatic rings. The summed E-state index contributed by atoms with van der Waals surface area (Å²) in [4.78, 5) is 3.62. The van der Waals surface area contributed by atoms with Gasteiger partial charge in [0.05, 0.1) is 0 Å². The second-order valence-corrected chi connectivity index (χ2v) is 3.92. The Kier molecular flexibility index (Phi) is 2.48. The number of nitrogens with zero attached hydrogens (tertiary/aromatic N) is 1. The zero-order valence-corrected chi connectivity index (χ0v) is 7.14. The van der Waals surface area contributed by atoms with E-state index < -0.39 is 10.0 Å². The van der Waals surface area contributed by atoms with Gasteiger partial charge in [0.15, 0.2) is 5.03 Å². The summed E-state index contributed by atoms with van der Waals surface area (Å²) >= 11 is 3.43. The maximum absolute atomic E-state index is 11.0. The topological polar surface area (TPSA) is 59.1 Å². The fourth-order valence-corrected chi connectivity index (χ4v) is 1.38. The Morgan fingerprint density at radius 3 is 2.64 bits per heavy atom. The molecule has 1 heterocycles. The van der Waals surface area contributed by atoms with Gasteiger partial charge in [-0.15, -0.1) is 0 Å². The molecule has 0 aliphatic rings. The lowest BCUT2D eigenvalue weighted by molar-refractivity contribution is 0.591. The number of hydrogen-bond donors (Lipinski definition) is 2. The summed E-state index contributed by atoms with van der Waals surface area (Å²) in [7, 11) is -3.50. The molecule has 0 aliphatic heterocycles. The van der Waals surface area contributed by atoms with Crippen molar-refractivity contribution < 1.29 is 8.42 Å². The Labute approximate surface area is 70.3 Å². The quantitative estimate of drug-likeness (QED) is 0.655. The molecule has 0 radical (unpaired) electrons. The third-order valence-electron chi connectivity index (χ3n) is 1.03. The molecule has 1 aromatic heterocycles. The van der Waals surface area contributed by atoms with E-state index in [1.165, 1.54) is 12.3 Å². The Bertz CT molecular complexity index is 322. The summed E-state index contributed by atoms with van der Waals surface area (Å²) in [6, 6.07) is 4.61. The van der Waals surface area contributed by atoms with Crippen LogP contribution in [0.3, 0.4) is 0 Å². The summed E-state index contributed by atoms with van der Waals surface area (Å²) < 4.78 is 23.8. The third kappa shape index (κ3) is 1.92. The van der Waals surface area contributed by atoms with Gasteiger partial charge in [0, 0.05) is 6.20 Å². The lowest BCUT2D eigenvalue weighted by Gasteiger charge is -1.97. The molecule has 1 N–H and O–H groups in total. The van der Waals surface area contributed by atoms with Gasteiger partial charge in [0.1, 0.15) is 0 Å². The monoisotopic (exact) mass is 190 g/mol. The van der Waals surface area contributed by atoms with Crippen molar-refractivity contribution in [1.29, 1.82) is 0 Å². The standard InChI is InChI=1S/C5H6N2O2S2/c8-11(9,7-10)5-3-1-2-4-6-5/h1-4,7,10H.